The highest BCUT2D eigenvalue weighted by molar-refractivity contribution is 6.31. The third-order valence-electron chi connectivity index (χ3n) is 2.94. The smallest absolute Gasteiger partial charge is 0.261 e. The molecule has 19 heavy (non-hydrogen) atoms. The Morgan fingerprint density at radius 3 is 2.32 bits per heavy atom. The molecule has 2 amide bonds. The van der Waals surface area contributed by atoms with Gasteiger partial charge in [0, 0.05) is 23.7 Å². The van der Waals surface area contributed by atoms with Crippen LogP contribution in [0.25, 0.3) is 11.6 Å². The van der Waals surface area contributed by atoms with Crippen LogP contribution in [0.5, 0.6) is 0 Å². The van der Waals surface area contributed by atoms with Crippen LogP contribution in [0.4, 0.5) is 0 Å². The third-order valence-corrected chi connectivity index (χ3v) is 2.94. The second-order valence-corrected chi connectivity index (χ2v) is 3.85. The Bertz CT molecular complexity index is 556. The highest BCUT2D eigenvalue weighted by Gasteiger charge is 2.32. The van der Waals surface area contributed by atoms with Gasteiger partial charge in [0.05, 0.1) is 0 Å². The van der Waals surface area contributed by atoms with Crippen LogP contribution in [-0.4, -0.2) is 23.8 Å². The second-order valence-electron chi connectivity index (χ2n) is 3.85. The van der Waals surface area contributed by atoms with Crippen LogP contribution >= 0.6 is 0 Å². The van der Waals surface area contributed by atoms with E-state index in [1.54, 1.807) is 31.2 Å². The zero-order valence-electron chi connectivity index (χ0n) is 11.9. The summed E-state index contributed by atoms with van der Waals surface area (Å²) in [6, 6.07) is 5.38. The summed E-state index contributed by atoms with van der Waals surface area (Å²) in [6.45, 7) is 9.51. The fourth-order valence-electron chi connectivity index (χ4n) is 2.05. The van der Waals surface area contributed by atoms with Crippen LogP contribution < -0.4 is 0 Å². The molecule has 1 aliphatic rings. The summed E-state index contributed by atoms with van der Waals surface area (Å²) in [5.74, 6) is -0.529. The molecule has 100 valence electrons. The predicted molar refractivity (Wildman–Crippen MR) is 78.6 cm³/mol. The Morgan fingerprint density at radius 2 is 1.79 bits per heavy atom. The number of allylic oxidation sites excluding steroid dienone is 1. The first-order valence-electron chi connectivity index (χ1n) is 6.36. The molecule has 0 spiro atoms. The monoisotopic (exact) mass is 257 g/mol. The third kappa shape index (κ3) is 2.36. The van der Waals surface area contributed by atoms with Crippen molar-refractivity contribution in [3.63, 3.8) is 0 Å². The normalized spacial score (nSPS) is 15.8. The fraction of sp³-hybridized carbons (Fsp3) is 0.250. The zero-order valence-corrected chi connectivity index (χ0v) is 11.9. The number of carbonyl (C=O) groups is 2. The van der Waals surface area contributed by atoms with Crippen molar-refractivity contribution in [2.45, 2.75) is 20.8 Å². The maximum Gasteiger partial charge on any atom is 0.261 e. The minimum Gasteiger partial charge on any atom is -0.277 e. The molecule has 0 saturated carbocycles. The molecule has 0 atom stereocenters. The summed E-state index contributed by atoms with van der Waals surface area (Å²) in [6.07, 6.45) is 3.39. The average Bonchev–Trinajstić information content (AvgIpc) is 2.47. The van der Waals surface area contributed by atoms with E-state index in [1.807, 2.05) is 19.9 Å². The van der Waals surface area contributed by atoms with E-state index >= 15 is 0 Å². The topological polar surface area (TPSA) is 37.4 Å². The second kappa shape index (κ2) is 6.14. The van der Waals surface area contributed by atoms with E-state index in [4.69, 9.17) is 0 Å². The molecule has 0 saturated heterocycles. The number of hydrogen-bond acceptors (Lipinski definition) is 2. The molecular formula is C16H19NO2. The summed E-state index contributed by atoms with van der Waals surface area (Å²) in [7, 11) is 1.50. The van der Waals surface area contributed by atoms with Gasteiger partial charge in [0.15, 0.2) is 0 Å². The van der Waals surface area contributed by atoms with Crippen molar-refractivity contribution in [1.82, 2.24) is 4.90 Å². The van der Waals surface area contributed by atoms with E-state index in [0.717, 1.165) is 10.5 Å². The zero-order chi connectivity index (χ0) is 14.6. The van der Waals surface area contributed by atoms with Gasteiger partial charge in [-0.3, -0.25) is 14.5 Å². The number of amides is 2. The summed E-state index contributed by atoms with van der Waals surface area (Å²) in [5.41, 5.74) is 2.61. The molecule has 1 aliphatic heterocycles. The average molecular weight is 257 g/mol. The molecule has 0 aliphatic carbocycles. The van der Waals surface area contributed by atoms with E-state index in [2.05, 4.69) is 6.58 Å². The molecule has 0 unspecified atom stereocenters. The number of carbonyl (C=O) groups excluding carboxylic acids is 2. The van der Waals surface area contributed by atoms with Crippen molar-refractivity contribution in [1.29, 1.82) is 0 Å². The largest absolute Gasteiger partial charge is 0.277 e. The first-order chi connectivity index (χ1) is 9.11. The van der Waals surface area contributed by atoms with Crippen molar-refractivity contribution >= 4 is 23.5 Å². The summed E-state index contributed by atoms with van der Waals surface area (Å²) in [5, 5.41) is 0. The first-order valence-corrected chi connectivity index (χ1v) is 6.36. The molecule has 3 heteroatoms. The number of imide groups is 1. The molecule has 1 aromatic carbocycles. The van der Waals surface area contributed by atoms with Crippen molar-refractivity contribution in [3.05, 3.63) is 47.5 Å². The molecule has 2 rings (SSSR count). The Balaban J connectivity index is 0.000000861. The summed E-state index contributed by atoms with van der Waals surface area (Å²) < 4.78 is 0. The number of rotatable bonds is 1. The van der Waals surface area contributed by atoms with Gasteiger partial charge in [-0.2, -0.15) is 0 Å². The van der Waals surface area contributed by atoms with Gasteiger partial charge in [0.2, 0.25) is 0 Å². The van der Waals surface area contributed by atoms with Gasteiger partial charge < -0.3 is 0 Å². The van der Waals surface area contributed by atoms with Crippen LogP contribution in [0.15, 0.2) is 30.9 Å². The van der Waals surface area contributed by atoms with E-state index in [0.29, 0.717) is 16.7 Å². The number of benzene rings is 1. The molecule has 0 N–H and O–H groups in total. The van der Waals surface area contributed by atoms with Gasteiger partial charge in [-0.1, -0.05) is 44.7 Å². The number of likely N-dealkylation sites (N-methyl/N-ethyl adjacent to an activating group) is 1. The summed E-state index contributed by atoms with van der Waals surface area (Å²) in [4.78, 5) is 25.1. The quantitative estimate of drug-likeness (QED) is 0.571. The maximum atomic E-state index is 12.0. The van der Waals surface area contributed by atoms with E-state index < -0.39 is 0 Å². The molecule has 0 radical (unpaired) electrons. The SMILES string of the molecule is C=Cc1cccc2c1/C(=C\C)C(=O)N(C)C2=O.CC. The molecule has 0 bridgehead atoms. The van der Waals surface area contributed by atoms with Crippen molar-refractivity contribution in [2.75, 3.05) is 7.05 Å². The molecule has 3 nitrogen and oxygen atoms in total. The molecular weight excluding hydrogens is 238 g/mol. The lowest BCUT2D eigenvalue weighted by Crippen LogP contribution is -2.38. The Kier molecular flexibility index (Phi) is 4.81. The maximum absolute atomic E-state index is 12.0. The van der Waals surface area contributed by atoms with Gasteiger partial charge in [0.25, 0.3) is 11.8 Å². The molecule has 0 fully saturated rings. The Hall–Kier alpha value is -2.16. The molecule has 1 heterocycles. The standard InChI is InChI=1S/C14H13NO2.C2H6/c1-4-9-7-6-8-11-12(9)10(5-2)13(16)15(3)14(11)17;1-2/h4-8H,1H2,2-3H3;1-2H3/b10-5+;. The van der Waals surface area contributed by atoms with Gasteiger partial charge in [-0.05, 0) is 18.6 Å². The number of nitrogens with zero attached hydrogens (tertiary/aromatic N) is 1. The van der Waals surface area contributed by atoms with E-state index in [-0.39, 0.29) is 11.8 Å². The van der Waals surface area contributed by atoms with Crippen LogP contribution in [0.1, 0.15) is 42.3 Å². The molecule has 1 aromatic rings. The summed E-state index contributed by atoms with van der Waals surface area (Å²) >= 11 is 0. The minimum atomic E-state index is -0.265. The fourth-order valence-corrected chi connectivity index (χ4v) is 2.05. The van der Waals surface area contributed by atoms with Crippen molar-refractivity contribution in [2.24, 2.45) is 0 Å². The molecule has 0 aromatic heterocycles. The highest BCUT2D eigenvalue weighted by atomic mass is 16.2. The Labute approximate surface area is 114 Å². The van der Waals surface area contributed by atoms with Gasteiger partial charge in [0.1, 0.15) is 0 Å². The Morgan fingerprint density at radius 1 is 1.16 bits per heavy atom. The lowest BCUT2D eigenvalue weighted by Gasteiger charge is -2.26. The van der Waals surface area contributed by atoms with Crippen molar-refractivity contribution in [3.8, 4) is 0 Å². The van der Waals surface area contributed by atoms with E-state index in [9.17, 15) is 9.59 Å². The van der Waals surface area contributed by atoms with Crippen LogP contribution in [0, 0.1) is 0 Å². The van der Waals surface area contributed by atoms with E-state index in [1.165, 1.54) is 7.05 Å². The van der Waals surface area contributed by atoms with Gasteiger partial charge in [-0.25, -0.2) is 0 Å². The number of fused-ring (bicyclic) bond motifs is 1. The minimum absolute atomic E-state index is 0.265. The highest BCUT2D eigenvalue weighted by Crippen LogP contribution is 2.31. The number of hydrogen-bond donors (Lipinski definition) is 0. The lowest BCUT2D eigenvalue weighted by molar-refractivity contribution is -0.121. The van der Waals surface area contributed by atoms with Gasteiger partial charge in [-0.15, -0.1) is 0 Å². The van der Waals surface area contributed by atoms with Crippen molar-refractivity contribution < 1.29 is 9.59 Å². The predicted octanol–water partition coefficient (Wildman–Crippen LogP) is 3.37. The van der Waals surface area contributed by atoms with Gasteiger partial charge >= 0.3 is 0 Å². The van der Waals surface area contributed by atoms with Crippen LogP contribution in [-0.2, 0) is 4.79 Å². The first kappa shape index (κ1) is 14.9. The lowest BCUT2D eigenvalue weighted by atomic mass is 9.89. The van der Waals surface area contributed by atoms with Crippen LogP contribution in [0.3, 0.4) is 0 Å². The van der Waals surface area contributed by atoms with Crippen LogP contribution in [0.2, 0.25) is 0 Å².